The average Bonchev–Trinajstić information content (AvgIpc) is 3.12. The number of amides is 1. The molecule has 3 aromatic rings. The van der Waals surface area contributed by atoms with E-state index in [4.69, 9.17) is 11.6 Å². The highest BCUT2D eigenvalue weighted by Crippen LogP contribution is 2.22. The summed E-state index contributed by atoms with van der Waals surface area (Å²) in [5.41, 5.74) is 1.68. The van der Waals surface area contributed by atoms with Gasteiger partial charge in [0, 0.05) is 18.1 Å². The van der Waals surface area contributed by atoms with E-state index in [2.05, 4.69) is 10.3 Å². The molecule has 25 heavy (non-hydrogen) atoms. The third-order valence-corrected chi connectivity index (χ3v) is 4.11. The van der Waals surface area contributed by atoms with E-state index in [9.17, 15) is 13.6 Å². The Balaban J connectivity index is 1.74. The first-order chi connectivity index (χ1) is 12.0. The van der Waals surface area contributed by atoms with Gasteiger partial charge in [-0.3, -0.25) is 4.79 Å². The lowest BCUT2D eigenvalue weighted by Gasteiger charge is -2.16. The van der Waals surface area contributed by atoms with Crippen LogP contribution in [0.25, 0.3) is 5.69 Å². The molecule has 1 amide bonds. The number of hydrogen-bond acceptors (Lipinski definition) is 2. The third kappa shape index (κ3) is 3.69. The van der Waals surface area contributed by atoms with Crippen LogP contribution in [-0.4, -0.2) is 15.5 Å². The Morgan fingerprint density at radius 1 is 1.20 bits per heavy atom. The second-order valence-corrected chi connectivity index (χ2v) is 5.91. The Morgan fingerprint density at radius 3 is 2.52 bits per heavy atom. The molecule has 1 N–H and O–H groups in total. The largest absolute Gasteiger partial charge is 0.345 e. The number of hydrogen-bond donors (Lipinski definition) is 1. The fourth-order valence-electron chi connectivity index (χ4n) is 2.40. The Kier molecular flexibility index (Phi) is 4.81. The van der Waals surface area contributed by atoms with Crippen molar-refractivity contribution in [1.29, 1.82) is 0 Å². The highest BCUT2D eigenvalue weighted by molar-refractivity contribution is 6.33. The molecule has 2 aromatic carbocycles. The average molecular weight is 362 g/mol. The van der Waals surface area contributed by atoms with Crippen LogP contribution in [0.3, 0.4) is 0 Å². The molecule has 0 saturated heterocycles. The second kappa shape index (κ2) is 7.03. The number of imidazole rings is 1. The van der Waals surface area contributed by atoms with Crippen LogP contribution < -0.4 is 5.32 Å². The number of aromatic nitrogens is 2. The molecule has 1 heterocycles. The normalized spacial score (nSPS) is 12.0. The molecule has 0 spiro atoms. The Bertz CT molecular complexity index is 895. The predicted molar refractivity (Wildman–Crippen MR) is 90.8 cm³/mol. The quantitative estimate of drug-likeness (QED) is 0.704. The molecule has 3 rings (SSSR count). The molecule has 0 aliphatic heterocycles. The number of halogens is 3. The topological polar surface area (TPSA) is 46.9 Å². The van der Waals surface area contributed by atoms with Crippen molar-refractivity contribution in [3.8, 4) is 5.69 Å². The number of nitrogens with zero attached hydrogens (tertiary/aromatic N) is 2. The SMILES string of the molecule is C[C@@H](NC(=O)c1cc(F)c(F)cc1Cl)c1ccc(-n2ccnc2)cc1. The van der Waals surface area contributed by atoms with E-state index in [1.807, 2.05) is 35.0 Å². The first-order valence-electron chi connectivity index (χ1n) is 7.49. The molecule has 7 heteroatoms. The smallest absolute Gasteiger partial charge is 0.253 e. The van der Waals surface area contributed by atoms with Crippen LogP contribution in [0.1, 0.15) is 28.9 Å². The molecule has 0 aliphatic rings. The van der Waals surface area contributed by atoms with Crippen LogP contribution in [0, 0.1) is 11.6 Å². The molecule has 0 bridgehead atoms. The van der Waals surface area contributed by atoms with Gasteiger partial charge in [-0.2, -0.15) is 0 Å². The fraction of sp³-hybridized carbons (Fsp3) is 0.111. The summed E-state index contributed by atoms with van der Waals surface area (Å²) in [6.45, 7) is 1.79. The van der Waals surface area contributed by atoms with Gasteiger partial charge in [0.15, 0.2) is 11.6 Å². The number of rotatable bonds is 4. The highest BCUT2D eigenvalue weighted by atomic mass is 35.5. The van der Waals surface area contributed by atoms with Crippen LogP contribution in [-0.2, 0) is 0 Å². The molecular weight excluding hydrogens is 348 g/mol. The number of carbonyl (C=O) groups is 1. The summed E-state index contributed by atoms with van der Waals surface area (Å²) in [6.07, 6.45) is 5.19. The zero-order chi connectivity index (χ0) is 18.0. The summed E-state index contributed by atoms with van der Waals surface area (Å²) in [4.78, 5) is 16.3. The second-order valence-electron chi connectivity index (χ2n) is 5.50. The van der Waals surface area contributed by atoms with E-state index in [0.29, 0.717) is 0 Å². The number of carbonyl (C=O) groups excluding carboxylic acids is 1. The van der Waals surface area contributed by atoms with Crippen LogP contribution in [0.4, 0.5) is 8.78 Å². The summed E-state index contributed by atoms with van der Waals surface area (Å²) in [5.74, 6) is -2.79. The Morgan fingerprint density at radius 2 is 1.88 bits per heavy atom. The predicted octanol–water partition coefficient (Wildman–Crippen LogP) is 4.29. The minimum absolute atomic E-state index is 0.109. The third-order valence-electron chi connectivity index (χ3n) is 3.80. The molecule has 0 aliphatic carbocycles. The van der Waals surface area contributed by atoms with E-state index >= 15 is 0 Å². The lowest BCUT2D eigenvalue weighted by atomic mass is 10.1. The summed E-state index contributed by atoms with van der Waals surface area (Å²) in [5, 5.41) is 2.58. The first kappa shape index (κ1) is 17.1. The maximum absolute atomic E-state index is 13.3. The van der Waals surface area contributed by atoms with Crippen molar-refractivity contribution in [2.24, 2.45) is 0 Å². The summed E-state index contributed by atoms with van der Waals surface area (Å²) >= 11 is 5.83. The van der Waals surface area contributed by atoms with Crippen molar-refractivity contribution in [3.05, 3.63) is 82.9 Å². The van der Waals surface area contributed by atoms with Gasteiger partial charge in [-0.15, -0.1) is 0 Å². The molecule has 0 fully saturated rings. The highest BCUT2D eigenvalue weighted by Gasteiger charge is 2.17. The Labute approximate surface area is 148 Å². The summed E-state index contributed by atoms with van der Waals surface area (Å²) < 4.78 is 28.3. The molecular formula is C18H14ClF2N3O. The van der Waals surface area contributed by atoms with Crippen LogP contribution >= 0.6 is 11.6 Å². The van der Waals surface area contributed by atoms with Crippen molar-refractivity contribution < 1.29 is 13.6 Å². The molecule has 128 valence electrons. The molecule has 0 saturated carbocycles. The van der Waals surface area contributed by atoms with Crippen LogP contribution in [0.5, 0.6) is 0 Å². The minimum atomic E-state index is -1.12. The maximum Gasteiger partial charge on any atom is 0.253 e. The standard InChI is InChI=1S/C18H14ClF2N3O/c1-11(12-2-4-13(5-3-12)24-7-6-22-10-24)23-18(25)14-8-16(20)17(21)9-15(14)19/h2-11H,1H3,(H,23,25)/t11-/m1/s1. The number of benzene rings is 2. The molecule has 0 unspecified atom stereocenters. The first-order valence-corrected chi connectivity index (χ1v) is 7.87. The molecule has 1 atom stereocenters. The molecule has 4 nitrogen and oxygen atoms in total. The van der Waals surface area contributed by atoms with E-state index in [1.165, 1.54) is 0 Å². The van der Waals surface area contributed by atoms with Crippen molar-refractivity contribution in [1.82, 2.24) is 14.9 Å². The van der Waals surface area contributed by atoms with Crippen molar-refractivity contribution in [2.45, 2.75) is 13.0 Å². The molecule has 1 aromatic heterocycles. The van der Waals surface area contributed by atoms with Gasteiger partial charge in [0.25, 0.3) is 5.91 Å². The van der Waals surface area contributed by atoms with Crippen LogP contribution in [0.15, 0.2) is 55.1 Å². The zero-order valence-corrected chi connectivity index (χ0v) is 14.0. The van der Waals surface area contributed by atoms with E-state index in [-0.39, 0.29) is 16.6 Å². The Hall–Kier alpha value is -2.73. The molecule has 0 radical (unpaired) electrons. The van der Waals surface area contributed by atoms with Crippen molar-refractivity contribution >= 4 is 17.5 Å². The van der Waals surface area contributed by atoms with Gasteiger partial charge in [0.1, 0.15) is 0 Å². The van der Waals surface area contributed by atoms with Crippen molar-refractivity contribution in [2.75, 3.05) is 0 Å². The van der Waals surface area contributed by atoms with Crippen molar-refractivity contribution in [3.63, 3.8) is 0 Å². The van der Waals surface area contributed by atoms with Crippen LogP contribution in [0.2, 0.25) is 5.02 Å². The lowest BCUT2D eigenvalue weighted by molar-refractivity contribution is 0.0939. The van der Waals surface area contributed by atoms with E-state index in [0.717, 1.165) is 23.4 Å². The van der Waals surface area contributed by atoms with Gasteiger partial charge in [0.2, 0.25) is 0 Å². The number of nitrogens with one attached hydrogen (secondary N) is 1. The monoisotopic (exact) mass is 361 g/mol. The van der Waals surface area contributed by atoms with Gasteiger partial charge in [-0.25, -0.2) is 13.8 Å². The van der Waals surface area contributed by atoms with Gasteiger partial charge in [0.05, 0.1) is 23.0 Å². The van der Waals surface area contributed by atoms with Gasteiger partial charge >= 0.3 is 0 Å². The lowest BCUT2D eigenvalue weighted by Crippen LogP contribution is -2.27. The van der Waals surface area contributed by atoms with Gasteiger partial charge in [-0.1, -0.05) is 23.7 Å². The summed E-state index contributed by atoms with van der Waals surface area (Å²) in [7, 11) is 0. The fourth-order valence-corrected chi connectivity index (χ4v) is 2.64. The maximum atomic E-state index is 13.3. The minimum Gasteiger partial charge on any atom is -0.345 e. The summed E-state index contributed by atoms with van der Waals surface area (Å²) in [6, 6.07) is 8.76. The van der Waals surface area contributed by atoms with Gasteiger partial charge < -0.3 is 9.88 Å². The van der Waals surface area contributed by atoms with E-state index < -0.39 is 17.5 Å². The zero-order valence-electron chi connectivity index (χ0n) is 13.2. The van der Waals surface area contributed by atoms with E-state index in [1.54, 1.807) is 19.4 Å². The van der Waals surface area contributed by atoms with Gasteiger partial charge in [-0.05, 0) is 36.8 Å².